The van der Waals surface area contributed by atoms with E-state index in [1.807, 2.05) is 0 Å². The van der Waals surface area contributed by atoms with Crippen LogP contribution >= 0.6 is 0 Å². The van der Waals surface area contributed by atoms with E-state index in [1.54, 1.807) is 43.3 Å². The van der Waals surface area contributed by atoms with Crippen LogP contribution in [0.15, 0.2) is 53.4 Å². The Bertz CT molecular complexity index is 746. The molecule has 0 aliphatic rings. The summed E-state index contributed by atoms with van der Waals surface area (Å²) in [6.45, 7) is 1.79. The number of carbonyl (C=O) groups excluding carboxylic acids is 1. The van der Waals surface area contributed by atoms with E-state index in [0.717, 1.165) is 6.26 Å². The van der Waals surface area contributed by atoms with Crippen LogP contribution in [0.3, 0.4) is 0 Å². The van der Waals surface area contributed by atoms with Gasteiger partial charge in [0.05, 0.1) is 10.5 Å². The largest absolute Gasteiger partial charge is 0.457 e. The molecule has 0 atom stereocenters. The molecule has 0 N–H and O–H groups in total. The number of hydrogen-bond donors (Lipinski definition) is 0. The summed E-state index contributed by atoms with van der Waals surface area (Å²) in [6, 6.07) is 13.1. The zero-order valence-corrected chi connectivity index (χ0v) is 12.7. The molecule has 0 spiro atoms. The van der Waals surface area contributed by atoms with Gasteiger partial charge >= 0.3 is 0 Å². The van der Waals surface area contributed by atoms with Crippen LogP contribution in [0, 0.1) is 0 Å². The summed E-state index contributed by atoms with van der Waals surface area (Å²) < 4.78 is 28.5. The maximum atomic E-state index is 11.9. The number of ketones is 1. The molecule has 0 bridgehead atoms. The number of rotatable bonds is 5. The van der Waals surface area contributed by atoms with Crippen LogP contribution in [-0.2, 0) is 9.84 Å². The molecule has 0 aliphatic carbocycles. The van der Waals surface area contributed by atoms with Gasteiger partial charge in [-0.1, -0.05) is 19.1 Å². The number of ether oxygens (including phenoxy) is 1. The zero-order chi connectivity index (χ0) is 15.5. The zero-order valence-electron chi connectivity index (χ0n) is 11.9. The molecule has 110 valence electrons. The van der Waals surface area contributed by atoms with Crippen molar-refractivity contribution in [2.24, 2.45) is 0 Å². The van der Waals surface area contributed by atoms with Crippen molar-refractivity contribution in [3.63, 3.8) is 0 Å². The lowest BCUT2D eigenvalue weighted by molar-refractivity contribution is 0.0986. The fourth-order valence-electron chi connectivity index (χ4n) is 1.86. The first-order chi connectivity index (χ1) is 9.91. The second kappa shape index (κ2) is 6.10. The molecule has 4 nitrogen and oxygen atoms in total. The van der Waals surface area contributed by atoms with E-state index in [4.69, 9.17) is 4.74 Å². The van der Waals surface area contributed by atoms with Gasteiger partial charge in [0.25, 0.3) is 0 Å². The Morgan fingerprint density at radius 1 is 1.05 bits per heavy atom. The summed E-state index contributed by atoms with van der Waals surface area (Å²) in [4.78, 5) is 12.1. The molecule has 2 rings (SSSR count). The fourth-order valence-corrected chi connectivity index (χ4v) is 2.49. The van der Waals surface area contributed by atoms with E-state index in [0.29, 0.717) is 23.5 Å². The van der Waals surface area contributed by atoms with Crippen molar-refractivity contribution >= 4 is 15.6 Å². The van der Waals surface area contributed by atoms with Crippen molar-refractivity contribution in [1.82, 2.24) is 0 Å². The van der Waals surface area contributed by atoms with Crippen molar-refractivity contribution in [2.45, 2.75) is 18.2 Å². The summed E-state index contributed by atoms with van der Waals surface area (Å²) in [7, 11) is -3.23. The first-order valence-electron chi connectivity index (χ1n) is 6.52. The van der Waals surface area contributed by atoms with E-state index < -0.39 is 9.84 Å². The average molecular weight is 304 g/mol. The van der Waals surface area contributed by atoms with Crippen LogP contribution in [0.5, 0.6) is 11.5 Å². The molecule has 0 heterocycles. The predicted molar refractivity (Wildman–Crippen MR) is 80.7 cm³/mol. The van der Waals surface area contributed by atoms with E-state index in [9.17, 15) is 13.2 Å². The van der Waals surface area contributed by atoms with Crippen molar-refractivity contribution in [3.05, 3.63) is 54.1 Å². The highest BCUT2D eigenvalue weighted by molar-refractivity contribution is 7.90. The van der Waals surface area contributed by atoms with Gasteiger partial charge < -0.3 is 4.74 Å². The third-order valence-electron chi connectivity index (χ3n) is 2.99. The molecule has 0 unspecified atom stereocenters. The standard InChI is InChI=1S/C16H16O4S/c1-3-15(17)14-6-4-5-7-16(14)20-12-8-10-13(11-9-12)21(2,18)19/h4-11H,3H2,1-2H3. The summed E-state index contributed by atoms with van der Waals surface area (Å²) in [5.41, 5.74) is 0.521. The molecule has 21 heavy (non-hydrogen) atoms. The molecule has 2 aromatic rings. The summed E-state index contributed by atoms with van der Waals surface area (Å²) in [5.74, 6) is 0.952. The first-order valence-corrected chi connectivity index (χ1v) is 8.41. The highest BCUT2D eigenvalue weighted by Crippen LogP contribution is 2.27. The molecular formula is C16H16O4S. The topological polar surface area (TPSA) is 60.4 Å². The number of hydrogen-bond acceptors (Lipinski definition) is 4. The maximum absolute atomic E-state index is 11.9. The minimum atomic E-state index is -3.23. The number of Topliss-reactive ketones (excluding diaryl/α,β-unsaturated/α-hetero) is 1. The van der Waals surface area contributed by atoms with Gasteiger partial charge in [-0.15, -0.1) is 0 Å². The average Bonchev–Trinajstić information content (AvgIpc) is 2.46. The van der Waals surface area contributed by atoms with Crippen molar-refractivity contribution in [1.29, 1.82) is 0 Å². The lowest BCUT2D eigenvalue weighted by atomic mass is 10.1. The minimum absolute atomic E-state index is 0.00152. The van der Waals surface area contributed by atoms with Gasteiger partial charge in [0.2, 0.25) is 0 Å². The third kappa shape index (κ3) is 3.70. The number of carbonyl (C=O) groups is 1. The third-order valence-corrected chi connectivity index (χ3v) is 4.12. The van der Waals surface area contributed by atoms with Crippen LogP contribution in [0.2, 0.25) is 0 Å². The molecule has 0 saturated heterocycles. The molecule has 0 saturated carbocycles. The van der Waals surface area contributed by atoms with Gasteiger partial charge in [-0.25, -0.2) is 8.42 Å². The summed E-state index contributed by atoms with van der Waals surface area (Å²) in [5, 5.41) is 0. The monoisotopic (exact) mass is 304 g/mol. The van der Waals surface area contributed by atoms with Crippen molar-refractivity contribution < 1.29 is 17.9 Å². The maximum Gasteiger partial charge on any atom is 0.175 e. The van der Waals surface area contributed by atoms with Crippen molar-refractivity contribution in [3.8, 4) is 11.5 Å². The van der Waals surface area contributed by atoms with E-state index in [2.05, 4.69) is 0 Å². The Hall–Kier alpha value is -2.14. The Labute approximate surface area is 124 Å². The Balaban J connectivity index is 2.29. The molecule has 2 aromatic carbocycles. The SMILES string of the molecule is CCC(=O)c1ccccc1Oc1ccc(S(C)(=O)=O)cc1. The van der Waals surface area contributed by atoms with Gasteiger partial charge in [-0.2, -0.15) is 0 Å². The molecule has 0 aliphatic heterocycles. The van der Waals surface area contributed by atoms with E-state index >= 15 is 0 Å². The number of para-hydroxylation sites is 1. The van der Waals surface area contributed by atoms with E-state index in [-0.39, 0.29) is 10.7 Å². The highest BCUT2D eigenvalue weighted by atomic mass is 32.2. The number of sulfone groups is 1. The minimum Gasteiger partial charge on any atom is -0.457 e. The molecule has 0 amide bonds. The van der Waals surface area contributed by atoms with Crippen molar-refractivity contribution in [2.75, 3.05) is 6.26 Å². The Morgan fingerprint density at radius 3 is 2.24 bits per heavy atom. The molecule has 5 heteroatoms. The van der Waals surface area contributed by atoms with Crippen LogP contribution in [0.25, 0.3) is 0 Å². The van der Waals surface area contributed by atoms with E-state index in [1.165, 1.54) is 12.1 Å². The molecular weight excluding hydrogens is 288 g/mol. The number of benzene rings is 2. The quantitative estimate of drug-likeness (QED) is 0.793. The molecule has 0 fully saturated rings. The second-order valence-corrected chi connectivity index (χ2v) is 6.63. The first kappa shape index (κ1) is 15.3. The normalized spacial score (nSPS) is 11.1. The lowest BCUT2D eigenvalue weighted by Gasteiger charge is -2.10. The van der Waals surface area contributed by atoms with Gasteiger partial charge in [-0.05, 0) is 36.4 Å². The second-order valence-electron chi connectivity index (χ2n) is 4.62. The lowest BCUT2D eigenvalue weighted by Crippen LogP contribution is -2.00. The smallest absolute Gasteiger partial charge is 0.175 e. The Kier molecular flexibility index (Phi) is 4.43. The summed E-state index contributed by atoms with van der Waals surface area (Å²) >= 11 is 0. The highest BCUT2D eigenvalue weighted by Gasteiger charge is 2.11. The summed E-state index contributed by atoms with van der Waals surface area (Å²) in [6.07, 6.45) is 1.55. The van der Waals surface area contributed by atoms with Gasteiger partial charge in [0.15, 0.2) is 15.6 Å². The van der Waals surface area contributed by atoms with Crippen LogP contribution in [0.1, 0.15) is 23.7 Å². The predicted octanol–water partition coefficient (Wildman–Crippen LogP) is 3.48. The van der Waals surface area contributed by atoms with Gasteiger partial charge in [-0.3, -0.25) is 4.79 Å². The Morgan fingerprint density at radius 2 is 1.67 bits per heavy atom. The van der Waals surface area contributed by atoms with Crippen LogP contribution in [0.4, 0.5) is 0 Å². The van der Waals surface area contributed by atoms with Gasteiger partial charge in [0.1, 0.15) is 11.5 Å². The molecule has 0 radical (unpaired) electrons. The van der Waals surface area contributed by atoms with Gasteiger partial charge in [0, 0.05) is 12.7 Å². The molecule has 0 aromatic heterocycles. The van der Waals surface area contributed by atoms with Crippen LogP contribution in [-0.4, -0.2) is 20.5 Å². The fraction of sp³-hybridized carbons (Fsp3) is 0.188. The van der Waals surface area contributed by atoms with Crippen LogP contribution < -0.4 is 4.74 Å².